The van der Waals surface area contributed by atoms with E-state index in [2.05, 4.69) is 5.32 Å². The van der Waals surface area contributed by atoms with Gasteiger partial charge in [0.15, 0.2) is 0 Å². The molecule has 6 nitrogen and oxygen atoms in total. The van der Waals surface area contributed by atoms with E-state index < -0.39 is 6.04 Å². The summed E-state index contributed by atoms with van der Waals surface area (Å²) in [6, 6.07) is -0.185. The van der Waals surface area contributed by atoms with Gasteiger partial charge in [-0.3, -0.25) is 9.59 Å². The number of nitrogens with zero attached hydrogens (tertiary/aromatic N) is 1. The summed E-state index contributed by atoms with van der Waals surface area (Å²) in [7, 11) is 0. The van der Waals surface area contributed by atoms with Crippen molar-refractivity contribution in [3.8, 4) is 0 Å². The maximum Gasteiger partial charge on any atom is 0.245 e. The van der Waals surface area contributed by atoms with Crippen molar-refractivity contribution < 1.29 is 14.3 Å². The van der Waals surface area contributed by atoms with Crippen LogP contribution in [0.4, 0.5) is 0 Å². The maximum absolute atomic E-state index is 12.3. The van der Waals surface area contributed by atoms with Crippen LogP contribution in [0.2, 0.25) is 0 Å². The van der Waals surface area contributed by atoms with Crippen LogP contribution in [0.15, 0.2) is 0 Å². The van der Waals surface area contributed by atoms with Crippen LogP contribution in [0.3, 0.4) is 0 Å². The monoisotopic (exact) mass is 269 g/mol. The molecule has 0 spiro atoms. The van der Waals surface area contributed by atoms with Gasteiger partial charge in [0.05, 0.1) is 13.2 Å². The van der Waals surface area contributed by atoms with Gasteiger partial charge in [0.25, 0.3) is 0 Å². The number of nitrogens with two attached hydrogens (primary N) is 1. The third-order valence-corrected chi connectivity index (χ3v) is 3.66. The summed E-state index contributed by atoms with van der Waals surface area (Å²) in [4.78, 5) is 26.1. The van der Waals surface area contributed by atoms with E-state index in [0.717, 1.165) is 12.8 Å². The molecule has 1 aliphatic carbocycles. The molecule has 1 saturated carbocycles. The lowest BCUT2D eigenvalue weighted by molar-refractivity contribution is -0.151. The number of nitrogens with one attached hydrogen (secondary N) is 1. The second kappa shape index (κ2) is 6.34. The first-order valence-electron chi connectivity index (χ1n) is 7.02. The number of hydrogen-bond acceptors (Lipinski definition) is 4. The lowest BCUT2D eigenvalue weighted by atomic mass is 10.0. The zero-order valence-corrected chi connectivity index (χ0v) is 11.4. The Morgan fingerprint density at radius 2 is 2.21 bits per heavy atom. The first-order valence-corrected chi connectivity index (χ1v) is 7.02. The van der Waals surface area contributed by atoms with Crippen molar-refractivity contribution in [1.82, 2.24) is 10.2 Å². The van der Waals surface area contributed by atoms with Crippen LogP contribution in [0.25, 0.3) is 0 Å². The normalized spacial score (nSPS) is 24.9. The van der Waals surface area contributed by atoms with Crippen LogP contribution in [0, 0.1) is 5.92 Å². The summed E-state index contributed by atoms with van der Waals surface area (Å²) in [5, 5.41) is 2.94. The highest BCUT2D eigenvalue weighted by molar-refractivity contribution is 5.89. The van der Waals surface area contributed by atoms with Crippen LogP contribution < -0.4 is 11.1 Å². The van der Waals surface area contributed by atoms with Crippen molar-refractivity contribution in [2.24, 2.45) is 11.7 Å². The van der Waals surface area contributed by atoms with Gasteiger partial charge < -0.3 is 20.7 Å². The molecule has 1 heterocycles. The van der Waals surface area contributed by atoms with Crippen molar-refractivity contribution in [3.05, 3.63) is 0 Å². The molecule has 2 amide bonds. The van der Waals surface area contributed by atoms with E-state index >= 15 is 0 Å². The molecule has 2 aliphatic rings. The maximum atomic E-state index is 12.3. The van der Waals surface area contributed by atoms with Gasteiger partial charge in [0, 0.05) is 18.5 Å². The van der Waals surface area contributed by atoms with E-state index in [1.807, 2.05) is 6.92 Å². The molecule has 0 aromatic rings. The molecular formula is C13H23N3O3. The average molecular weight is 269 g/mol. The smallest absolute Gasteiger partial charge is 0.245 e. The fourth-order valence-corrected chi connectivity index (χ4v) is 2.27. The van der Waals surface area contributed by atoms with Crippen LogP contribution in [0.5, 0.6) is 0 Å². The van der Waals surface area contributed by atoms with Crippen molar-refractivity contribution in [2.75, 3.05) is 26.3 Å². The number of carbonyl (C=O) groups excluding carboxylic acids is 2. The van der Waals surface area contributed by atoms with Gasteiger partial charge in [-0.05, 0) is 25.8 Å². The highest BCUT2D eigenvalue weighted by atomic mass is 16.5. The number of ether oxygens (including phenoxy) is 1. The molecule has 1 saturated heterocycles. The summed E-state index contributed by atoms with van der Waals surface area (Å²) >= 11 is 0. The third-order valence-electron chi connectivity index (χ3n) is 3.66. The Hall–Kier alpha value is -1.14. The SMILES string of the molecule is CC(CCN)C(=O)N1CCOCC1C(=O)NC1CC1. The van der Waals surface area contributed by atoms with Gasteiger partial charge in [-0.1, -0.05) is 6.92 Å². The second-order valence-electron chi connectivity index (χ2n) is 5.38. The Morgan fingerprint density at radius 3 is 2.84 bits per heavy atom. The molecule has 19 heavy (non-hydrogen) atoms. The second-order valence-corrected chi connectivity index (χ2v) is 5.38. The van der Waals surface area contributed by atoms with Crippen molar-refractivity contribution >= 4 is 11.8 Å². The fraction of sp³-hybridized carbons (Fsp3) is 0.846. The lowest BCUT2D eigenvalue weighted by Gasteiger charge is -2.36. The quantitative estimate of drug-likeness (QED) is 0.703. The molecule has 3 N–H and O–H groups in total. The molecule has 0 aromatic heterocycles. The Balaban J connectivity index is 1.97. The van der Waals surface area contributed by atoms with Gasteiger partial charge in [-0.15, -0.1) is 0 Å². The molecule has 108 valence electrons. The molecule has 0 radical (unpaired) electrons. The summed E-state index contributed by atoms with van der Waals surface area (Å²) in [6.07, 6.45) is 2.72. The minimum absolute atomic E-state index is 0.00435. The molecule has 0 aromatic carbocycles. The first-order chi connectivity index (χ1) is 9.13. The molecule has 2 unspecified atom stereocenters. The van der Waals surface area contributed by atoms with Crippen LogP contribution in [-0.2, 0) is 14.3 Å². The first kappa shape index (κ1) is 14.3. The summed E-state index contributed by atoms with van der Waals surface area (Å²) in [5.41, 5.74) is 5.49. The summed E-state index contributed by atoms with van der Waals surface area (Å²) < 4.78 is 5.35. The van der Waals surface area contributed by atoms with Gasteiger partial charge in [0.2, 0.25) is 11.8 Å². The summed E-state index contributed by atoms with van der Waals surface area (Å²) in [5.74, 6) is -0.223. The minimum Gasteiger partial charge on any atom is -0.377 e. The predicted molar refractivity (Wildman–Crippen MR) is 70.3 cm³/mol. The van der Waals surface area contributed by atoms with Gasteiger partial charge in [-0.2, -0.15) is 0 Å². The number of hydrogen-bond donors (Lipinski definition) is 2. The van der Waals surface area contributed by atoms with Gasteiger partial charge >= 0.3 is 0 Å². The van der Waals surface area contributed by atoms with Crippen molar-refractivity contribution in [3.63, 3.8) is 0 Å². The standard InChI is InChI=1S/C13H23N3O3/c1-9(4-5-14)13(18)16-6-7-19-8-11(16)12(17)15-10-2-3-10/h9-11H,2-8,14H2,1H3,(H,15,17). The molecule has 1 aliphatic heterocycles. The number of morpholine rings is 1. The van der Waals surface area contributed by atoms with Crippen LogP contribution in [0.1, 0.15) is 26.2 Å². The van der Waals surface area contributed by atoms with E-state index in [1.165, 1.54) is 0 Å². The third kappa shape index (κ3) is 3.67. The van der Waals surface area contributed by atoms with Gasteiger partial charge in [-0.25, -0.2) is 0 Å². The Morgan fingerprint density at radius 1 is 1.47 bits per heavy atom. The lowest BCUT2D eigenvalue weighted by Crippen LogP contribution is -2.57. The van der Waals surface area contributed by atoms with E-state index in [0.29, 0.717) is 38.8 Å². The highest BCUT2D eigenvalue weighted by Crippen LogP contribution is 2.20. The van der Waals surface area contributed by atoms with Crippen LogP contribution >= 0.6 is 0 Å². The van der Waals surface area contributed by atoms with E-state index in [-0.39, 0.29) is 17.7 Å². The summed E-state index contributed by atoms with van der Waals surface area (Å²) in [6.45, 7) is 3.61. The van der Waals surface area contributed by atoms with Crippen LogP contribution in [-0.4, -0.2) is 55.1 Å². The number of carbonyl (C=O) groups is 2. The Kier molecular flexibility index (Phi) is 4.76. The molecule has 2 atom stereocenters. The largest absolute Gasteiger partial charge is 0.377 e. The highest BCUT2D eigenvalue weighted by Gasteiger charge is 2.36. The molecule has 6 heteroatoms. The topological polar surface area (TPSA) is 84.7 Å². The molecule has 2 rings (SSSR count). The molecule has 0 bridgehead atoms. The van der Waals surface area contributed by atoms with E-state index in [4.69, 9.17) is 10.5 Å². The number of amides is 2. The van der Waals surface area contributed by atoms with E-state index in [1.54, 1.807) is 4.90 Å². The van der Waals surface area contributed by atoms with Crippen molar-refractivity contribution in [2.45, 2.75) is 38.3 Å². The van der Waals surface area contributed by atoms with Crippen molar-refractivity contribution in [1.29, 1.82) is 0 Å². The molecule has 2 fully saturated rings. The Labute approximate surface area is 113 Å². The average Bonchev–Trinajstić information content (AvgIpc) is 3.22. The van der Waals surface area contributed by atoms with Gasteiger partial charge in [0.1, 0.15) is 6.04 Å². The number of rotatable bonds is 5. The Bertz CT molecular complexity index is 344. The fourth-order valence-electron chi connectivity index (χ4n) is 2.27. The molecular weight excluding hydrogens is 246 g/mol. The predicted octanol–water partition coefficient (Wildman–Crippen LogP) is -0.523. The zero-order valence-electron chi connectivity index (χ0n) is 11.4. The zero-order chi connectivity index (χ0) is 13.8. The van der Waals surface area contributed by atoms with E-state index in [9.17, 15) is 9.59 Å². The minimum atomic E-state index is -0.484.